The zero-order valence-electron chi connectivity index (χ0n) is 21.3. The fourth-order valence-electron chi connectivity index (χ4n) is 5.79. The Bertz CT molecular complexity index is 1270. The lowest BCUT2D eigenvalue weighted by atomic mass is 9.87. The van der Waals surface area contributed by atoms with Crippen molar-refractivity contribution < 1.29 is 9.90 Å². The number of piperidine rings is 1. The van der Waals surface area contributed by atoms with Gasteiger partial charge in [0.05, 0.1) is 22.5 Å². The highest BCUT2D eigenvalue weighted by atomic mass is 35.5. The van der Waals surface area contributed by atoms with Crippen LogP contribution in [0.2, 0.25) is 5.02 Å². The molecule has 0 spiro atoms. The number of aromatic amines is 1. The molecule has 3 heterocycles. The molecule has 1 saturated heterocycles. The molecule has 3 aromatic rings. The third kappa shape index (κ3) is 5.66. The highest BCUT2D eigenvalue weighted by Gasteiger charge is 2.36. The van der Waals surface area contributed by atoms with E-state index < -0.39 is 5.60 Å². The molecule has 8 nitrogen and oxygen atoms in total. The number of likely N-dealkylation sites (tertiary alicyclic amines) is 1. The molecule has 9 heteroatoms. The number of nitrogens with zero attached hydrogens (tertiary/aromatic N) is 4. The van der Waals surface area contributed by atoms with E-state index in [0.717, 1.165) is 42.1 Å². The van der Waals surface area contributed by atoms with Gasteiger partial charge in [-0.3, -0.25) is 4.79 Å². The summed E-state index contributed by atoms with van der Waals surface area (Å²) in [5, 5.41) is 16.4. The van der Waals surface area contributed by atoms with Crippen LogP contribution in [0.25, 0.3) is 22.2 Å². The molecule has 2 fully saturated rings. The van der Waals surface area contributed by atoms with Crippen LogP contribution in [0.15, 0.2) is 49.3 Å². The number of hydrogen-bond acceptors (Lipinski definition) is 6. The van der Waals surface area contributed by atoms with Gasteiger partial charge in [0.25, 0.3) is 0 Å². The van der Waals surface area contributed by atoms with Crippen molar-refractivity contribution in [1.29, 1.82) is 0 Å². The first kappa shape index (κ1) is 25.7. The first-order chi connectivity index (χ1) is 17.8. The largest absolute Gasteiger partial charge is 0.388 e. The molecule has 0 unspecified atom stereocenters. The Labute approximate surface area is 222 Å². The number of carbonyl (C=O) groups is 1. The summed E-state index contributed by atoms with van der Waals surface area (Å²) in [4.78, 5) is 28.5. The monoisotopic (exact) mass is 522 g/mol. The lowest BCUT2D eigenvalue weighted by Gasteiger charge is -2.43. The molecule has 2 aliphatic rings. The molecule has 2 atom stereocenters. The van der Waals surface area contributed by atoms with E-state index in [-0.39, 0.29) is 11.9 Å². The number of H-pyrrole nitrogens is 1. The molecule has 0 radical (unpaired) electrons. The molecular formula is C28H35ClN6O2. The number of rotatable bonds is 7. The van der Waals surface area contributed by atoms with Crippen molar-refractivity contribution in [2.75, 3.05) is 32.0 Å². The van der Waals surface area contributed by atoms with Crippen LogP contribution in [0.3, 0.4) is 0 Å². The van der Waals surface area contributed by atoms with Crippen LogP contribution < -0.4 is 5.32 Å². The minimum Gasteiger partial charge on any atom is -0.388 e. The minimum absolute atomic E-state index is 0.0612. The lowest BCUT2D eigenvalue weighted by molar-refractivity contribution is -0.131. The van der Waals surface area contributed by atoms with E-state index in [0.29, 0.717) is 55.2 Å². The highest BCUT2D eigenvalue weighted by Crippen LogP contribution is 2.33. The number of likely N-dealkylation sites (N-methyl/N-ethyl adjacent to an activating group) is 1. The van der Waals surface area contributed by atoms with E-state index in [2.05, 4.69) is 39.9 Å². The maximum absolute atomic E-state index is 11.9. The van der Waals surface area contributed by atoms with Crippen molar-refractivity contribution in [3.05, 3.63) is 54.3 Å². The number of aliphatic hydroxyl groups is 1. The second-order valence-electron chi connectivity index (χ2n) is 10.5. The predicted molar refractivity (Wildman–Crippen MR) is 148 cm³/mol. The lowest BCUT2D eigenvalue weighted by Crippen LogP contribution is -2.53. The summed E-state index contributed by atoms with van der Waals surface area (Å²) < 4.78 is 0. The summed E-state index contributed by atoms with van der Waals surface area (Å²) in [6.45, 7) is 5.30. The standard InChI is InChI=1S/C28H35ClN6O2/c1-3-25(36)35-13-11-28(37,12-14-35)18-34(2)20-8-6-7-19(15-20)32-27-31-17-23(29)26(33-27)22-16-30-24-10-5-4-9-21(22)24/h3-5,9-10,16-17,19-20,30,37H,1,6-8,11-15,18H2,2H3,(H,31,32,33)/t19-,20+/m1/s1. The van der Waals surface area contributed by atoms with Crippen molar-refractivity contribution in [1.82, 2.24) is 24.8 Å². The zero-order valence-corrected chi connectivity index (χ0v) is 22.0. The van der Waals surface area contributed by atoms with Gasteiger partial charge in [-0.15, -0.1) is 0 Å². The third-order valence-electron chi connectivity index (χ3n) is 7.92. The molecule has 2 aromatic heterocycles. The number of carbonyl (C=O) groups excluding carboxylic acids is 1. The van der Waals surface area contributed by atoms with Gasteiger partial charge in [0.1, 0.15) is 0 Å². The Balaban J connectivity index is 1.22. The number of para-hydroxylation sites is 1. The highest BCUT2D eigenvalue weighted by molar-refractivity contribution is 6.33. The molecule has 37 heavy (non-hydrogen) atoms. The van der Waals surface area contributed by atoms with Gasteiger partial charge in [-0.25, -0.2) is 9.97 Å². The molecule has 1 amide bonds. The molecule has 196 valence electrons. The first-order valence-electron chi connectivity index (χ1n) is 13.0. The van der Waals surface area contributed by atoms with Gasteiger partial charge >= 0.3 is 0 Å². The van der Waals surface area contributed by atoms with Crippen LogP contribution in [0, 0.1) is 0 Å². The van der Waals surface area contributed by atoms with Gasteiger partial charge < -0.3 is 25.2 Å². The predicted octanol–water partition coefficient (Wildman–Crippen LogP) is 4.47. The van der Waals surface area contributed by atoms with Gasteiger partial charge in [-0.05, 0) is 57.7 Å². The fourth-order valence-corrected chi connectivity index (χ4v) is 5.99. The molecule has 1 aliphatic carbocycles. The number of amides is 1. The van der Waals surface area contributed by atoms with Crippen molar-refractivity contribution in [2.24, 2.45) is 0 Å². The van der Waals surface area contributed by atoms with Crippen molar-refractivity contribution in [3.63, 3.8) is 0 Å². The summed E-state index contributed by atoms with van der Waals surface area (Å²) in [6.07, 6.45) is 10.3. The van der Waals surface area contributed by atoms with Gasteiger partial charge in [0, 0.05) is 54.4 Å². The van der Waals surface area contributed by atoms with Crippen LogP contribution in [0.4, 0.5) is 5.95 Å². The molecule has 1 aromatic carbocycles. The van der Waals surface area contributed by atoms with E-state index in [9.17, 15) is 9.90 Å². The van der Waals surface area contributed by atoms with Gasteiger partial charge in [0.2, 0.25) is 11.9 Å². The first-order valence-corrected chi connectivity index (χ1v) is 13.4. The van der Waals surface area contributed by atoms with E-state index in [4.69, 9.17) is 16.6 Å². The second-order valence-corrected chi connectivity index (χ2v) is 10.9. The van der Waals surface area contributed by atoms with Crippen LogP contribution in [0.5, 0.6) is 0 Å². The summed E-state index contributed by atoms with van der Waals surface area (Å²) in [5.41, 5.74) is 1.94. The Morgan fingerprint density at radius 2 is 2.14 bits per heavy atom. The average molecular weight is 523 g/mol. The van der Waals surface area contributed by atoms with Crippen LogP contribution in [-0.4, -0.2) is 80.1 Å². The summed E-state index contributed by atoms with van der Waals surface area (Å²) >= 11 is 6.51. The SMILES string of the molecule is C=CC(=O)N1CCC(O)(CN(C)[C@H]2CCC[C@@H](Nc3ncc(Cl)c(-c4c[nH]c5ccccc45)n3)C2)CC1. The molecule has 3 N–H and O–H groups in total. The van der Waals surface area contributed by atoms with Gasteiger partial charge in [-0.2, -0.15) is 0 Å². The summed E-state index contributed by atoms with van der Waals surface area (Å²) in [5.74, 6) is 0.518. The molecule has 5 rings (SSSR count). The fraction of sp³-hybridized carbons (Fsp3) is 0.464. The normalized spacial score (nSPS) is 21.8. The zero-order chi connectivity index (χ0) is 26.0. The number of nitrogens with one attached hydrogen (secondary N) is 2. The van der Waals surface area contributed by atoms with E-state index in [1.54, 1.807) is 11.1 Å². The van der Waals surface area contributed by atoms with E-state index >= 15 is 0 Å². The quantitative estimate of drug-likeness (QED) is 0.396. The van der Waals surface area contributed by atoms with Crippen molar-refractivity contribution >= 4 is 34.4 Å². The number of halogens is 1. The number of benzene rings is 1. The van der Waals surface area contributed by atoms with Crippen molar-refractivity contribution in [3.8, 4) is 11.3 Å². The van der Waals surface area contributed by atoms with Crippen LogP contribution >= 0.6 is 11.6 Å². The average Bonchev–Trinajstić information content (AvgIpc) is 3.34. The Morgan fingerprint density at radius 1 is 1.35 bits per heavy atom. The van der Waals surface area contributed by atoms with Crippen LogP contribution in [-0.2, 0) is 4.79 Å². The van der Waals surface area contributed by atoms with Gasteiger partial charge in [0.15, 0.2) is 0 Å². The minimum atomic E-state index is -0.777. The topological polar surface area (TPSA) is 97.4 Å². The maximum atomic E-state index is 11.9. The summed E-state index contributed by atoms with van der Waals surface area (Å²) in [7, 11) is 2.10. The van der Waals surface area contributed by atoms with E-state index in [1.165, 1.54) is 6.08 Å². The Kier molecular flexibility index (Phi) is 7.51. The third-order valence-corrected chi connectivity index (χ3v) is 8.19. The summed E-state index contributed by atoms with van der Waals surface area (Å²) in [6, 6.07) is 8.69. The van der Waals surface area contributed by atoms with Crippen LogP contribution in [0.1, 0.15) is 38.5 Å². The van der Waals surface area contributed by atoms with Gasteiger partial charge in [-0.1, -0.05) is 36.4 Å². The molecule has 0 bridgehead atoms. The number of hydrogen-bond donors (Lipinski definition) is 3. The molecule has 1 aliphatic heterocycles. The van der Waals surface area contributed by atoms with Crippen molar-refractivity contribution in [2.45, 2.75) is 56.2 Å². The Hall–Kier alpha value is -2.94. The number of anilines is 1. The second kappa shape index (κ2) is 10.8. The molecular weight excluding hydrogens is 488 g/mol. The van der Waals surface area contributed by atoms with E-state index in [1.807, 2.05) is 24.4 Å². The molecule has 1 saturated carbocycles. The Morgan fingerprint density at radius 3 is 2.92 bits per heavy atom. The smallest absolute Gasteiger partial charge is 0.245 e. The number of fused-ring (bicyclic) bond motifs is 1. The maximum Gasteiger partial charge on any atom is 0.245 e. The number of aromatic nitrogens is 3.